The van der Waals surface area contributed by atoms with E-state index in [1.807, 2.05) is 133 Å². The monoisotopic (exact) mass is 534 g/mol. The minimum atomic E-state index is -0.510. The minimum Gasteiger partial charge on any atom is -0.445 e. The summed E-state index contributed by atoms with van der Waals surface area (Å²) in [6.45, 7) is 0.361. The van der Waals surface area contributed by atoms with E-state index in [-0.39, 0.29) is 25.3 Å². The highest BCUT2D eigenvalue weighted by Crippen LogP contribution is 2.10. The summed E-state index contributed by atoms with van der Waals surface area (Å²) in [5.41, 5.74) is 3.95. The van der Waals surface area contributed by atoms with Crippen LogP contribution >= 0.6 is 0 Å². The Morgan fingerprint density at radius 3 is 1.12 bits per heavy atom. The highest BCUT2D eigenvalue weighted by Gasteiger charge is 2.15. The molecule has 0 spiro atoms. The van der Waals surface area contributed by atoms with Crippen molar-refractivity contribution in [2.45, 2.75) is 38.1 Å². The molecule has 0 aliphatic heterocycles. The van der Waals surface area contributed by atoms with Crippen molar-refractivity contribution >= 4 is 12.2 Å². The van der Waals surface area contributed by atoms with Crippen LogP contribution in [0.2, 0.25) is 0 Å². The maximum absolute atomic E-state index is 12.7. The van der Waals surface area contributed by atoms with E-state index < -0.39 is 12.2 Å². The topological polar surface area (TPSA) is 76.7 Å². The molecule has 0 saturated carbocycles. The molecule has 6 nitrogen and oxygen atoms in total. The fourth-order valence-electron chi connectivity index (χ4n) is 4.17. The SMILES string of the molecule is O=C(NC(C=CC(Cc1ccccc1)NC(=O)OCc1ccccc1)Cc1ccccc1)OCc1ccccc1. The molecule has 0 aromatic heterocycles. The molecule has 4 aromatic carbocycles. The molecule has 0 radical (unpaired) electrons. The molecule has 0 aliphatic carbocycles. The van der Waals surface area contributed by atoms with Gasteiger partial charge in [-0.25, -0.2) is 9.59 Å². The molecule has 4 rings (SSSR count). The van der Waals surface area contributed by atoms with E-state index >= 15 is 0 Å². The molecule has 0 heterocycles. The minimum absolute atomic E-state index is 0.180. The quantitative estimate of drug-likeness (QED) is 0.200. The highest BCUT2D eigenvalue weighted by molar-refractivity contribution is 5.68. The molecular formula is C34H34N2O4. The summed E-state index contributed by atoms with van der Waals surface area (Å²) in [6, 6.07) is 38.2. The Morgan fingerprint density at radius 1 is 0.500 bits per heavy atom. The zero-order chi connectivity index (χ0) is 27.8. The van der Waals surface area contributed by atoms with Gasteiger partial charge in [-0.3, -0.25) is 0 Å². The largest absolute Gasteiger partial charge is 0.445 e. The van der Waals surface area contributed by atoms with Gasteiger partial charge in [-0.1, -0.05) is 133 Å². The van der Waals surface area contributed by atoms with E-state index in [0.29, 0.717) is 12.8 Å². The number of nitrogens with one attached hydrogen (secondary N) is 2. The van der Waals surface area contributed by atoms with E-state index in [1.165, 1.54) is 0 Å². The van der Waals surface area contributed by atoms with Gasteiger partial charge in [0.05, 0.1) is 12.1 Å². The summed E-state index contributed by atoms with van der Waals surface area (Å²) >= 11 is 0. The number of ether oxygens (including phenoxy) is 2. The molecule has 204 valence electrons. The summed E-state index contributed by atoms with van der Waals surface area (Å²) in [7, 11) is 0. The van der Waals surface area contributed by atoms with Crippen LogP contribution in [0.25, 0.3) is 0 Å². The number of hydrogen-bond donors (Lipinski definition) is 2. The Kier molecular flexibility index (Phi) is 10.9. The van der Waals surface area contributed by atoms with Gasteiger partial charge in [0.2, 0.25) is 0 Å². The maximum atomic E-state index is 12.7. The molecule has 2 N–H and O–H groups in total. The Balaban J connectivity index is 1.44. The normalized spacial score (nSPS) is 12.3. The van der Waals surface area contributed by atoms with Gasteiger partial charge in [0.15, 0.2) is 0 Å². The Hall–Kier alpha value is -4.84. The van der Waals surface area contributed by atoms with Crippen molar-refractivity contribution in [3.63, 3.8) is 0 Å². The molecule has 2 amide bonds. The second-order valence-electron chi connectivity index (χ2n) is 9.39. The molecular weight excluding hydrogens is 500 g/mol. The Bertz CT molecular complexity index is 1220. The smallest absolute Gasteiger partial charge is 0.407 e. The summed E-state index contributed by atoms with van der Waals surface area (Å²) in [6.07, 6.45) is 3.92. The zero-order valence-corrected chi connectivity index (χ0v) is 22.3. The number of rotatable bonds is 12. The molecule has 0 fully saturated rings. The number of carbonyl (C=O) groups excluding carboxylic acids is 2. The van der Waals surface area contributed by atoms with Crippen LogP contribution in [0.1, 0.15) is 22.3 Å². The average Bonchev–Trinajstić information content (AvgIpc) is 3.00. The Labute approximate surface area is 235 Å². The fraction of sp³-hybridized carbons (Fsp3) is 0.176. The van der Waals surface area contributed by atoms with Crippen LogP contribution in [0.5, 0.6) is 0 Å². The van der Waals surface area contributed by atoms with E-state index in [0.717, 1.165) is 22.3 Å². The van der Waals surface area contributed by atoms with Crippen LogP contribution in [0.15, 0.2) is 133 Å². The third-order valence-corrected chi connectivity index (χ3v) is 6.20. The van der Waals surface area contributed by atoms with E-state index in [1.54, 1.807) is 0 Å². The highest BCUT2D eigenvalue weighted by atomic mass is 16.6. The van der Waals surface area contributed by atoms with Gasteiger partial charge in [-0.05, 0) is 35.1 Å². The summed E-state index contributed by atoms with van der Waals surface area (Å²) < 4.78 is 10.9. The third kappa shape index (κ3) is 10.1. The van der Waals surface area contributed by atoms with Gasteiger partial charge in [0, 0.05) is 0 Å². The van der Waals surface area contributed by atoms with Gasteiger partial charge in [-0.15, -0.1) is 0 Å². The molecule has 0 saturated heterocycles. The van der Waals surface area contributed by atoms with Gasteiger partial charge in [0.25, 0.3) is 0 Å². The molecule has 2 atom stereocenters. The van der Waals surface area contributed by atoms with Gasteiger partial charge >= 0.3 is 12.2 Å². The van der Waals surface area contributed by atoms with Crippen LogP contribution in [0.3, 0.4) is 0 Å². The van der Waals surface area contributed by atoms with Crippen molar-refractivity contribution in [1.82, 2.24) is 10.6 Å². The first-order valence-corrected chi connectivity index (χ1v) is 13.3. The molecule has 40 heavy (non-hydrogen) atoms. The summed E-state index contributed by atoms with van der Waals surface area (Å²) in [5.74, 6) is 0. The molecule has 2 unspecified atom stereocenters. The first-order chi connectivity index (χ1) is 19.6. The van der Waals surface area contributed by atoms with E-state index in [9.17, 15) is 9.59 Å². The van der Waals surface area contributed by atoms with Crippen LogP contribution < -0.4 is 10.6 Å². The lowest BCUT2D eigenvalue weighted by molar-refractivity contribution is 0.136. The first kappa shape index (κ1) is 28.2. The molecule has 0 bridgehead atoms. The average molecular weight is 535 g/mol. The number of hydrogen-bond acceptors (Lipinski definition) is 4. The van der Waals surface area contributed by atoms with Crippen LogP contribution in [-0.2, 0) is 35.5 Å². The van der Waals surface area contributed by atoms with Crippen LogP contribution in [0.4, 0.5) is 9.59 Å². The first-order valence-electron chi connectivity index (χ1n) is 13.3. The van der Waals surface area contributed by atoms with Crippen molar-refractivity contribution in [3.05, 3.63) is 156 Å². The maximum Gasteiger partial charge on any atom is 0.407 e. The van der Waals surface area contributed by atoms with Gasteiger partial charge in [0.1, 0.15) is 13.2 Å². The lowest BCUT2D eigenvalue weighted by atomic mass is 10.0. The number of alkyl carbamates (subject to hydrolysis) is 2. The summed E-state index contributed by atoms with van der Waals surface area (Å²) in [4.78, 5) is 25.4. The lowest BCUT2D eigenvalue weighted by Crippen LogP contribution is -2.38. The molecule has 6 heteroatoms. The predicted octanol–water partition coefficient (Wildman–Crippen LogP) is 6.62. The van der Waals surface area contributed by atoms with Gasteiger partial charge in [-0.2, -0.15) is 0 Å². The third-order valence-electron chi connectivity index (χ3n) is 6.20. The van der Waals surface area contributed by atoms with Crippen molar-refractivity contribution in [3.8, 4) is 0 Å². The van der Waals surface area contributed by atoms with Crippen molar-refractivity contribution in [2.24, 2.45) is 0 Å². The second kappa shape index (κ2) is 15.5. The van der Waals surface area contributed by atoms with Crippen molar-refractivity contribution in [1.29, 1.82) is 0 Å². The zero-order valence-electron chi connectivity index (χ0n) is 22.3. The van der Waals surface area contributed by atoms with Crippen LogP contribution in [-0.4, -0.2) is 24.3 Å². The summed E-state index contributed by atoms with van der Waals surface area (Å²) in [5, 5.41) is 5.93. The van der Waals surface area contributed by atoms with E-state index in [2.05, 4.69) is 10.6 Å². The lowest BCUT2D eigenvalue weighted by Gasteiger charge is -2.19. The van der Waals surface area contributed by atoms with Gasteiger partial charge < -0.3 is 20.1 Å². The Morgan fingerprint density at radius 2 is 0.800 bits per heavy atom. The second-order valence-corrected chi connectivity index (χ2v) is 9.39. The standard InChI is InChI=1S/C34H34N2O4/c37-33(39-25-29-17-9-3-10-18-29)35-31(23-27-13-5-1-6-14-27)21-22-32(24-28-15-7-2-8-16-28)36-34(38)40-26-30-19-11-4-12-20-30/h1-22,31-32H,23-26H2,(H,35,37)(H,36,38). The van der Waals surface area contributed by atoms with Crippen LogP contribution in [0, 0.1) is 0 Å². The number of benzene rings is 4. The molecule has 4 aromatic rings. The van der Waals surface area contributed by atoms with Crippen molar-refractivity contribution < 1.29 is 19.1 Å². The number of amides is 2. The molecule has 0 aliphatic rings. The van der Waals surface area contributed by atoms with Crippen molar-refractivity contribution in [2.75, 3.05) is 0 Å². The number of carbonyl (C=O) groups is 2. The predicted molar refractivity (Wildman–Crippen MR) is 157 cm³/mol. The fourth-order valence-corrected chi connectivity index (χ4v) is 4.17. The van der Waals surface area contributed by atoms with E-state index in [4.69, 9.17) is 9.47 Å².